The topological polar surface area (TPSA) is 42.4 Å². The van der Waals surface area contributed by atoms with Crippen LogP contribution in [0.1, 0.15) is 23.2 Å². The van der Waals surface area contributed by atoms with Crippen molar-refractivity contribution in [3.63, 3.8) is 0 Å². The molecule has 5 heteroatoms. The number of nitrogens with zero attached hydrogens (tertiary/aromatic N) is 2. The highest BCUT2D eigenvalue weighted by Crippen LogP contribution is 2.16. The summed E-state index contributed by atoms with van der Waals surface area (Å²) < 4.78 is 5.98. The standard InChI is InChI=1S/C12H15BrN2O2/c1-17-10-3-6-15(7-4-10)12(16)9-2-5-14-11(13)8-9/h2,5,8,10H,3-4,6-7H2,1H3. The van der Waals surface area contributed by atoms with Gasteiger partial charge in [-0.25, -0.2) is 4.98 Å². The molecule has 0 saturated carbocycles. The van der Waals surface area contributed by atoms with Crippen LogP contribution in [0.2, 0.25) is 0 Å². The number of halogens is 1. The Morgan fingerprint density at radius 1 is 1.53 bits per heavy atom. The normalized spacial score (nSPS) is 17.2. The van der Waals surface area contributed by atoms with E-state index in [1.54, 1.807) is 25.4 Å². The van der Waals surface area contributed by atoms with Gasteiger partial charge in [-0.15, -0.1) is 0 Å². The number of likely N-dealkylation sites (tertiary alicyclic amines) is 1. The summed E-state index contributed by atoms with van der Waals surface area (Å²) >= 11 is 3.27. The van der Waals surface area contributed by atoms with Crippen molar-refractivity contribution in [2.75, 3.05) is 20.2 Å². The van der Waals surface area contributed by atoms with Crippen LogP contribution in [0.25, 0.3) is 0 Å². The van der Waals surface area contributed by atoms with Gasteiger partial charge in [-0.2, -0.15) is 0 Å². The fourth-order valence-electron chi connectivity index (χ4n) is 2.01. The highest BCUT2D eigenvalue weighted by molar-refractivity contribution is 9.10. The lowest BCUT2D eigenvalue weighted by molar-refractivity contribution is 0.0350. The largest absolute Gasteiger partial charge is 0.381 e. The number of carbonyl (C=O) groups is 1. The first-order valence-corrected chi connectivity index (χ1v) is 6.43. The monoisotopic (exact) mass is 298 g/mol. The number of carbonyl (C=O) groups excluding carboxylic acids is 1. The molecule has 0 aliphatic carbocycles. The first-order chi connectivity index (χ1) is 8.20. The number of rotatable bonds is 2. The van der Waals surface area contributed by atoms with Crippen molar-refractivity contribution in [1.29, 1.82) is 0 Å². The van der Waals surface area contributed by atoms with E-state index in [0.717, 1.165) is 25.9 Å². The molecule has 0 unspecified atom stereocenters. The fourth-order valence-corrected chi connectivity index (χ4v) is 2.38. The van der Waals surface area contributed by atoms with E-state index in [4.69, 9.17) is 4.74 Å². The van der Waals surface area contributed by atoms with Crippen LogP contribution in [-0.4, -0.2) is 42.1 Å². The maximum Gasteiger partial charge on any atom is 0.254 e. The van der Waals surface area contributed by atoms with Crippen LogP contribution in [-0.2, 0) is 4.74 Å². The second-order valence-electron chi connectivity index (χ2n) is 4.09. The lowest BCUT2D eigenvalue weighted by Gasteiger charge is -2.31. The summed E-state index contributed by atoms with van der Waals surface area (Å²) in [6.45, 7) is 1.52. The van der Waals surface area contributed by atoms with Crippen molar-refractivity contribution in [2.24, 2.45) is 0 Å². The second kappa shape index (κ2) is 5.60. The van der Waals surface area contributed by atoms with Gasteiger partial charge >= 0.3 is 0 Å². The smallest absolute Gasteiger partial charge is 0.254 e. The Kier molecular flexibility index (Phi) is 4.12. The molecule has 1 aromatic heterocycles. The first kappa shape index (κ1) is 12.5. The van der Waals surface area contributed by atoms with Gasteiger partial charge in [0.25, 0.3) is 5.91 Å². The quantitative estimate of drug-likeness (QED) is 0.785. The third kappa shape index (κ3) is 3.04. The third-order valence-corrected chi connectivity index (χ3v) is 3.47. The minimum atomic E-state index is 0.0719. The van der Waals surface area contributed by atoms with E-state index < -0.39 is 0 Å². The average Bonchev–Trinajstić information content (AvgIpc) is 2.38. The van der Waals surface area contributed by atoms with E-state index in [1.807, 2.05) is 4.90 Å². The molecule has 0 atom stereocenters. The molecule has 4 nitrogen and oxygen atoms in total. The summed E-state index contributed by atoms with van der Waals surface area (Å²) in [6.07, 6.45) is 3.76. The van der Waals surface area contributed by atoms with Crippen LogP contribution in [0.15, 0.2) is 22.9 Å². The molecule has 0 radical (unpaired) electrons. The Morgan fingerprint density at radius 2 is 2.24 bits per heavy atom. The Morgan fingerprint density at radius 3 is 2.82 bits per heavy atom. The number of piperidine rings is 1. The Balaban J connectivity index is 2.02. The van der Waals surface area contributed by atoms with Gasteiger partial charge in [-0.1, -0.05) is 0 Å². The van der Waals surface area contributed by atoms with Gasteiger partial charge in [0.05, 0.1) is 6.10 Å². The van der Waals surface area contributed by atoms with Gasteiger partial charge in [-0.05, 0) is 40.9 Å². The number of aromatic nitrogens is 1. The molecular weight excluding hydrogens is 284 g/mol. The molecule has 17 heavy (non-hydrogen) atoms. The first-order valence-electron chi connectivity index (χ1n) is 5.64. The Bertz CT molecular complexity index is 403. The lowest BCUT2D eigenvalue weighted by atomic mass is 10.1. The van der Waals surface area contributed by atoms with E-state index in [-0.39, 0.29) is 5.91 Å². The molecule has 0 spiro atoms. The van der Waals surface area contributed by atoms with Crippen LogP contribution < -0.4 is 0 Å². The van der Waals surface area contributed by atoms with Crippen molar-refractivity contribution in [1.82, 2.24) is 9.88 Å². The molecular formula is C12H15BrN2O2. The molecule has 0 aromatic carbocycles. The molecule has 0 N–H and O–H groups in total. The molecule has 1 aromatic rings. The SMILES string of the molecule is COC1CCN(C(=O)c2ccnc(Br)c2)CC1. The Labute approximate surface area is 109 Å². The molecule has 2 heterocycles. The average molecular weight is 299 g/mol. The zero-order valence-corrected chi connectivity index (χ0v) is 11.3. The number of methoxy groups -OCH3 is 1. The van der Waals surface area contributed by atoms with E-state index in [2.05, 4.69) is 20.9 Å². The van der Waals surface area contributed by atoms with Gasteiger partial charge in [0.15, 0.2) is 0 Å². The van der Waals surface area contributed by atoms with Crippen LogP contribution in [0.3, 0.4) is 0 Å². The summed E-state index contributed by atoms with van der Waals surface area (Å²) in [5.74, 6) is 0.0719. The number of hydrogen-bond acceptors (Lipinski definition) is 3. The molecule has 2 rings (SSSR count). The van der Waals surface area contributed by atoms with Crippen LogP contribution in [0.5, 0.6) is 0 Å². The molecule has 1 amide bonds. The van der Waals surface area contributed by atoms with Crippen molar-refractivity contribution in [3.8, 4) is 0 Å². The van der Waals surface area contributed by atoms with E-state index in [0.29, 0.717) is 16.3 Å². The minimum Gasteiger partial charge on any atom is -0.381 e. The van der Waals surface area contributed by atoms with Gasteiger partial charge in [0, 0.05) is 32.0 Å². The summed E-state index contributed by atoms with van der Waals surface area (Å²) in [5, 5.41) is 0. The minimum absolute atomic E-state index is 0.0719. The van der Waals surface area contributed by atoms with Crippen LogP contribution in [0.4, 0.5) is 0 Å². The highest BCUT2D eigenvalue weighted by atomic mass is 79.9. The van der Waals surface area contributed by atoms with Gasteiger partial charge in [0.1, 0.15) is 4.60 Å². The Hall–Kier alpha value is -0.940. The molecule has 0 bridgehead atoms. The third-order valence-electron chi connectivity index (χ3n) is 3.04. The predicted molar refractivity (Wildman–Crippen MR) is 67.9 cm³/mol. The van der Waals surface area contributed by atoms with Crippen LogP contribution >= 0.6 is 15.9 Å². The summed E-state index contributed by atoms with van der Waals surface area (Å²) in [5.41, 5.74) is 0.683. The van der Waals surface area contributed by atoms with Crippen LogP contribution in [0, 0.1) is 0 Å². The van der Waals surface area contributed by atoms with Gasteiger partial charge in [-0.3, -0.25) is 4.79 Å². The maximum absolute atomic E-state index is 12.2. The van der Waals surface area contributed by atoms with Crippen molar-refractivity contribution >= 4 is 21.8 Å². The number of amides is 1. The van der Waals surface area contributed by atoms with E-state index >= 15 is 0 Å². The molecule has 1 aliphatic heterocycles. The number of pyridine rings is 1. The molecule has 1 saturated heterocycles. The van der Waals surface area contributed by atoms with Crippen molar-refractivity contribution < 1.29 is 9.53 Å². The summed E-state index contributed by atoms with van der Waals surface area (Å²) in [4.78, 5) is 18.1. The van der Waals surface area contributed by atoms with Gasteiger partial charge < -0.3 is 9.64 Å². The summed E-state index contributed by atoms with van der Waals surface area (Å²) in [7, 11) is 1.72. The fraction of sp³-hybridized carbons (Fsp3) is 0.500. The van der Waals surface area contributed by atoms with Crippen molar-refractivity contribution in [3.05, 3.63) is 28.5 Å². The van der Waals surface area contributed by atoms with Gasteiger partial charge in [0.2, 0.25) is 0 Å². The van der Waals surface area contributed by atoms with E-state index in [1.165, 1.54) is 0 Å². The number of ether oxygens (including phenoxy) is 1. The van der Waals surface area contributed by atoms with Crippen molar-refractivity contribution in [2.45, 2.75) is 18.9 Å². The molecule has 92 valence electrons. The zero-order valence-electron chi connectivity index (χ0n) is 9.73. The number of hydrogen-bond donors (Lipinski definition) is 0. The highest BCUT2D eigenvalue weighted by Gasteiger charge is 2.23. The zero-order chi connectivity index (χ0) is 12.3. The predicted octanol–water partition coefficient (Wildman–Crippen LogP) is 2.10. The molecule has 1 aliphatic rings. The molecule has 1 fully saturated rings. The van der Waals surface area contributed by atoms with E-state index in [9.17, 15) is 4.79 Å². The lowest BCUT2D eigenvalue weighted by Crippen LogP contribution is -2.40. The second-order valence-corrected chi connectivity index (χ2v) is 4.91. The summed E-state index contributed by atoms with van der Waals surface area (Å²) in [6, 6.07) is 3.50. The maximum atomic E-state index is 12.2.